The maximum absolute atomic E-state index is 13.0. The zero-order chi connectivity index (χ0) is 24.4. The summed E-state index contributed by atoms with van der Waals surface area (Å²) in [5.74, 6) is 0.994. The van der Waals surface area contributed by atoms with Crippen molar-refractivity contribution >= 4 is 17.6 Å². The van der Waals surface area contributed by atoms with Crippen LogP contribution >= 0.6 is 0 Å². The minimum Gasteiger partial charge on any atom is -0.482 e. The first-order valence-corrected chi connectivity index (χ1v) is 11.0. The highest BCUT2D eigenvalue weighted by Gasteiger charge is 2.44. The number of amidine groups is 1. The third kappa shape index (κ3) is 3.14. The van der Waals surface area contributed by atoms with E-state index in [0.29, 0.717) is 34.1 Å². The lowest BCUT2D eigenvalue weighted by Gasteiger charge is -2.33. The second kappa shape index (κ2) is 7.42. The summed E-state index contributed by atoms with van der Waals surface area (Å²) < 4.78 is 7.85. The zero-order valence-electron chi connectivity index (χ0n) is 19.7. The molecule has 9 nitrogen and oxygen atoms in total. The Balaban J connectivity index is 1.83. The summed E-state index contributed by atoms with van der Waals surface area (Å²) >= 11 is 0. The molecule has 1 amide bonds. The van der Waals surface area contributed by atoms with Gasteiger partial charge in [-0.25, -0.2) is 4.98 Å². The van der Waals surface area contributed by atoms with Crippen LogP contribution in [0.2, 0.25) is 0 Å². The van der Waals surface area contributed by atoms with Crippen LogP contribution in [0.4, 0.5) is 5.82 Å². The Kier molecular flexibility index (Phi) is 4.72. The first-order valence-electron chi connectivity index (χ1n) is 11.0. The molecule has 0 saturated heterocycles. The lowest BCUT2D eigenvalue weighted by atomic mass is 9.96. The van der Waals surface area contributed by atoms with E-state index in [1.54, 1.807) is 24.0 Å². The van der Waals surface area contributed by atoms with Crippen LogP contribution in [0.15, 0.2) is 35.5 Å². The SMILES string of the molecule is Cc1ccc2c(c1)[C@@H](C)Oc1cc(cnc1N)-c1c(nn(C)c1C#N)CN1C2=NC(=O)C1(C)C. The molecule has 5 rings (SSSR count). The summed E-state index contributed by atoms with van der Waals surface area (Å²) in [6, 6.07) is 10.0. The molecular formula is C25H25N7O2. The Morgan fingerprint density at radius 2 is 2.06 bits per heavy atom. The highest BCUT2D eigenvalue weighted by Crippen LogP contribution is 2.38. The van der Waals surface area contributed by atoms with Crippen molar-refractivity contribution in [2.75, 3.05) is 5.73 Å². The molecule has 2 N–H and O–H groups in total. The largest absolute Gasteiger partial charge is 0.482 e. The van der Waals surface area contributed by atoms with Gasteiger partial charge in [0.1, 0.15) is 29.2 Å². The van der Waals surface area contributed by atoms with Crippen molar-refractivity contribution in [3.63, 3.8) is 0 Å². The van der Waals surface area contributed by atoms with Crippen molar-refractivity contribution in [2.45, 2.75) is 45.9 Å². The van der Waals surface area contributed by atoms with Gasteiger partial charge in [-0.15, -0.1) is 0 Å². The maximum atomic E-state index is 13.0. The van der Waals surface area contributed by atoms with Crippen LogP contribution in [0.5, 0.6) is 5.75 Å². The van der Waals surface area contributed by atoms with E-state index in [2.05, 4.69) is 21.1 Å². The van der Waals surface area contributed by atoms with Crippen LogP contribution in [-0.2, 0) is 18.4 Å². The highest BCUT2D eigenvalue weighted by atomic mass is 16.5. The van der Waals surface area contributed by atoms with Crippen molar-refractivity contribution in [3.8, 4) is 22.9 Å². The average Bonchev–Trinajstić information content (AvgIpc) is 3.22. The summed E-state index contributed by atoms with van der Waals surface area (Å²) in [6.45, 7) is 7.92. The van der Waals surface area contributed by atoms with Gasteiger partial charge in [0, 0.05) is 35.5 Å². The average molecular weight is 456 g/mol. The number of nitrogens with two attached hydrogens (primary N) is 1. The Labute approximate surface area is 197 Å². The molecule has 0 radical (unpaired) electrons. The number of rotatable bonds is 0. The molecule has 0 unspecified atom stereocenters. The molecule has 4 heterocycles. The standard InChI is InChI=1S/C25H25N7O2/c1-13-6-7-16-17(8-13)14(2)34-20-9-15(11-28-22(20)27)21-18(30-31(5)19(21)10-26)12-32-23(16)29-24(33)25(32,3)4/h6-9,11,14H,12H2,1-5H3,(H2,27,28)/t14-/m1/s1. The molecule has 0 spiro atoms. The summed E-state index contributed by atoms with van der Waals surface area (Å²) in [5.41, 5.74) is 10.3. The highest BCUT2D eigenvalue weighted by molar-refractivity contribution is 6.14. The van der Waals surface area contributed by atoms with Gasteiger partial charge in [-0.2, -0.15) is 15.4 Å². The molecule has 0 saturated carbocycles. The zero-order valence-corrected chi connectivity index (χ0v) is 19.7. The van der Waals surface area contributed by atoms with Crippen LogP contribution in [0.3, 0.4) is 0 Å². The molecule has 2 aliphatic rings. The minimum absolute atomic E-state index is 0.234. The van der Waals surface area contributed by atoms with Gasteiger partial charge in [-0.1, -0.05) is 23.8 Å². The number of fused-ring (bicyclic) bond motifs is 7. The van der Waals surface area contributed by atoms with Crippen molar-refractivity contribution in [2.24, 2.45) is 12.0 Å². The number of aromatic nitrogens is 3. The molecular weight excluding hydrogens is 430 g/mol. The van der Waals surface area contributed by atoms with E-state index in [0.717, 1.165) is 16.7 Å². The predicted molar refractivity (Wildman–Crippen MR) is 127 cm³/mol. The second-order valence-corrected chi connectivity index (χ2v) is 9.25. The molecule has 0 aliphatic carbocycles. The van der Waals surface area contributed by atoms with E-state index in [1.165, 1.54) is 0 Å². The number of carbonyl (C=O) groups excluding carboxylic acids is 1. The number of carbonyl (C=O) groups is 1. The van der Waals surface area contributed by atoms with Crippen LogP contribution in [-0.4, -0.2) is 36.9 Å². The second-order valence-electron chi connectivity index (χ2n) is 9.25. The van der Waals surface area contributed by atoms with E-state index in [-0.39, 0.29) is 18.3 Å². The van der Waals surface area contributed by atoms with E-state index in [9.17, 15) is 10.1 Å². The number of nitrogen functional groups attached to an aromatic ring is 1. The third-order valence-electron chi connectivity index (χ3n) is 6.55. The number of aliphatic imine (C=N–C) groups is 1. The van der Waals surface area contributed by atoms with Crippen LogP contribution in [0.1, 0.15) is 55.0 Å². The lowest BCUT2D eigenvalue weighted by Crippen LogP contribution is -2.46. The predicted octanol–water partition coefficient (Wildman–Crippen LogP) is 3.27. The van der Waals surface area contributed by atoms with Gasteiger partial charge < -0.3 is 15.4 Å². The maximum Gasteiger partial charge on any atom is 0.272 e. The number of pyridine rings is 1. The number of ether oxygens (including phenoxy) is 1. The van der Waals surface area contributed by atoms with Gasteiger partial charge in [0.05, 0.1) is 12.2 Å². The number of nitrogens with zero attached hydrogens (tertiary/aromatic N) is 6. The van der Waals surface area contributed by atoms with Crippen molar-refractivity contribution < 1.29 is 9.53 Å². The van der Waals surface area contributed by atoms with E-state index >= 15 is 0 Å². The van der Waals surface area contributed by atoms with Gasteiger partial charge in [0.15, 0.2) is 11.6 Å². The molecule has 0 fully saturated rings. The Bertz CT molecular complexity index is 1430. The molecule has 2 aromatic heterocycles. The third-order valence-corrected chi connectivity index (χ3v) is 6.55. The monoisotopic (exact) mass is 455 g/mol. The molecule has 9 heteroatoms. The van der Waals surface area contributed by atoms with Gasteiger partial charge in [0.25, 0.3) is 5.91 Å². The summed E-state index contributed by atoms with van der Waals surface area (Å²) in [5, 5.41) is 14.5. The normalized spacial score (nSPS) is 18.5. The van der Waals surface area contributed by atoms with Crippen LogP contribution in [0, 0.1) is 18.3 Å². The smallest absolute Gasteiger partial charge is 0.272 e. The van der Waals surface area contributed by atoms with E-state index < -0.39 is 11.6 Å². The van der Waals surface area contributed by atoms with Gasteiger partial charge >= 0.3 is 0 Å². The number of nitriles is 1. The van der Waals surface area contributed by atoms with Crippen molar-refractivity contribution in [1.29, 1.82) is 5.26 Å². The number of benzene rings is 1. The van der Waals surface area contributed by atoms with Gasteiger partial charge in [-0.05, 0) is 33.8 Å². The fourth-order valence-corrected chi connectivity index (χ4v) is 4.59. The lowest BCUT2D eigenvalue weighted by molar-refractivity contribution is -0.124. The first kappa shape index (κ1) is 21.6. The number of aryl methyl sites for hydroxylation is 2. The number of hydrogen-bond donors (Lipinski definition) is 1. The van der Waals surface area contributed by atoms with Gasteiger partial charge in [-0.3, -0.25) is 9.48 Å². The summed E-state index contributed by atoms with van der Waals surface area (Å²) in [6.07, 6.45) is 1.22. The molecule has 34 heavy (non-hydrogen) atoms. The van der Waals surface area contributed by atoms with Crippen LogP contribution < -0.4 is 10.5 Å². The summed E-state index contributed by atoms with van der Waals surface area (Å²) in [7, 11) is 1.72. The quantitative estimate of drug-likeness (QED) is 0.552. The first-order chi connectivity index (χ1) is 16.1. The summed E-state index contributed by atoms with van der Waals surface area (Å²) in [4.78, 5) is 23.8. The number of amides is 1. The molecule has 2 aliphatic heterocycles. The van der Waals surface area contributed by atoms with Crippen molar-refractivity contribution in [3.05, 3.63) is 58.5 Å². The molecule has 1 atom stereocenters. The molecule has 2 bridgehead atoms. The number of anilines is 1. The van der Waals surface area contributed by atoms with Gasteiger partial charge in [0.2, 0.25) is 0 Å². The Hall–Kier alpha value is -4.19. The Morgan fingerprint density at radius 1 is 1.29 bits per heavy atom. The molecule has 1 aromatic carbocycles. The Morgan fingerprint density at radius 3 is 2.79 bits per heavy atom. The fraction of sp³-hybridized carbons (Fsp3) is 0.320. The van der Waals surface area contributed by atoms with E-state index in [4.69, 9.17) is 10.5 Å². The molecule has 3 aromatic rings. The fourth-order valence-electron chi connectivity index (χ4n) is 4.59. The van der Waals surface area contributed by atoms with E-state index in [1.807, 2.05) is 50.8 Å². The minimum atomic E-state index is -0.891. The topological polar surface area (TPSA) is 122 Å². The van der Waals surface area contributed by atoms with Crippen molar-refractivity contribution in [1.82, 2.24) is 19.7 Å². The molecule has 172 valence electrons. The van der Waals surface area contributed by atoms with Crippen LogP contribution in [0.25, 0.3) is 11.1 Å². The number of hydrogen-bond acceptors (Lipinski definition) is 7.